The largest absolute Gasteiger partial charge is 0.486 e. The molecule has 1 N–H and O–H groups in total. The van der Waals surface area contributed by atoms with Gasteiger partial charge in [-0.15, -0.1) is 0 Å². The van der Waals surface area contributed by atoms with Crippen molar-refractivity contribution in [3.8, 4) is 11.5 Å². The maximum Gasteiger partial charge on any atom is 0.163 e. The molecule has 4 nitrogen and oxygen atoms in total. The Balaban J connectivity index is 2.12. The molecule has 1 aromatic carbocycles. The van der Waals surface area contributed by atoms with E-state index in [9.17, 15) is 0 Å². The molecule has 4 heteroatoms. The van der Waals surface area contributed by atoms with Gasteiger partial charge in [-0.25, -0.2) is 0 Å². The van der Waals surface area contributed by atoms with Crippen LogP contribution in [0.3, 0.4) is 0 Å². The number of methoxy groups -OCH3 is 1. The highest BCUT2D eigenvalue weighted by atomic mass is 16.6. The smallest absolute Gasteiger partial charge is 0.163 e. The van der Waals surface area contributed by atoms with Crippen molar-refractivity contribution in [3.05, 3.63) is 17.7 Å². The van der Waals surface area contributed by atoms with Gasteiger partial charge in [0, 0.05) is 25.4 Å². The molecule has 0 fully saturated rings. The van der Waals surface area contributed by atoms with Crippen LogP contribution in [0.5, 0.6) is 11.5 Å². The SMILES string of the molecule is COCCNc1cc2c(cc1C)OCCO2. The molecule has 0 saturated heterocycles. The number of rotatable bonds is 4. The highest BCUT2D eigenvalue weighted by molar-refractivity contribution is 5.60. The summed E-state index contributed by atoms with van der Waals surface area (Å²) >= 11 is 0. The summed E-state index contributed by atoms with van der Waals surface area (Å²) in [6.07, 6.45) is 0. The van der Waals surface area contributed by atoms with Crippen molar-refractivity contribution >= 4 is 5.69 Å². The molecule has 0 spiro atoms. The third-order valence-electron chi connectivity index (χ3n) is 2.51. The predicted molar refractivity (Wildman–Crippen MR) is 62.5 cm³/mol. The Bertz CT molecular complexity index is 366. The van der Waals surface area contributed by atoms with Crippen LogP contribution in [0, 0.1) is 6.92 Å². The van der Waals surface area contributed by atoms with Crippen LogP contribution in [0.15, 0.2) is 12.1 Å². The lowest BCUT2D eigenvalue weighted by Crippen LogP contribution is -2.16. The van der Waals surface area contributed by atoms with Crippen LogP contribution >= 0.6 is 0 Å². The van der Waals surface area contributed by atoms with Crippen molar-refractivity contribution in [3.63, 3.8) is 0 Å². The van der Waals surface area contributed by atoms with E-state index in [1.165, 1.54) is 0 Å². The minimum Gasteiger partial charge on any atom is -0.486 e. The Morgan fingerprint density at radius 3 is 2.62 bits per heavy atom. The second kappa shape index (κ2) is 5.07. The zero-order valence-corrected chi connectivity index (χ0v) is 9.71. The molecule has 1 aliphatic heterocycles. The molecule has 0 atom stereocenters. The lowest BCUT2D eigenvalue weighted by Gasteiger charge is -2.20. The topological polar surface area (TPSA) is 39.7 Å². The first kappa shape index (κ1) is 11.1. The molecule has 0 radical (unpaired) electrons. The molecule has 1 heterocycles. The summed E-state index contributed by atoms with van der Waals surface area (Å²) in [6, 6.07) is 3.99. The van der Waals surface area contributed by atoms with Gasteiger partial charge >= 0.3 is 0 Å². The van der Waals surface area contributed by atoms with Crippen LogP contribution in [-0.4, -0.2) is 33.5 Å². The fraction of sp³-hybridized carbons (Fsp3) is 0.500. The number of nitrogens with one attached hydrogen (secondary N) is 1. The average Bonchev–Trinajstić information content (AvgIpc) is 2.30. The predicted octanol–water partition coefficient (Wildman–Crippen LogP) is 1.82. The fourth-order valence-corrected chi connectivity index (χ4v) is 1.67. The molecule has 0 saturated carbocycles. The summed E-state index contributed by atoms with van der Waals surface area (Å²) in [4.78, 5) is 0. The highest BCUT2D eigenvalue weighted by Gasteiger charge is 2.13. The first-order chi connectivity index (χ1) is 7.81. The quantitative estimate of drug-likeness (QED) is 0.790. The normalized spacial score (nSPS) is 13.6. The molecule has 0 aliphatic carbocycles. The number of anilines is 1. The second-order valence-corrected chi connectivity index (χ2v) is 3.73. The van der Waals surface area contributed by atoms with E-state index in [0.717, 1.165) is 29.3 Å². The van der Waals surface area contributed by atoms with E-state index >= 15 is 0 Å². The first-order valence-electron chi connectivity index (χ1n) is 5.44. The van der Waals surface area contributed by atoms with Crippen molar-refractivity contribution in [1.29, 1.82) is 0 Å². The van der Waals surface area contributed by atoms with Crippen molar-refractivity contribution < 1.29 is 14.2 Å². The van der Waals surface area contributed by atoms with Crippen LogP contribution in [-0.2, 0) is 4.74 Å². The van der Waals surface area contributed by atoms with Crippen molar-refractivity contribution in [1.82, 2.24) is 0 Å². The van der Waals surface area contributed by atoms with E-state index in [4.69, 9.17) is 14.2 Å². The fourth-order valence-electron chi connectivity index (χ4n) is 1.67. The Kier molecular flexibility index (Phi) is 3.51. The zero-order chi connectivity index (χ0) is 11.4. The van der Waals surface area contributed by atoms with Crippen LogP contribution < -0.4 is 14.8 Å². The maximum atomic E-state index is 5.53. The summed E-state index contributed by atoms with van der Waals surface area (Å²) in [7, 11) is 1.69. The van der Waals surface area contributed by atoms with Gasteiger partial charge in [-0.05, 0) is 18.6 Å². The van der Waals surface area contributed by atoms with Gasteiger partial charge in [0.25, 0.3) is 0 Å². The van der Waals surface area contributed by atoms with Crippen LogP contribution in [0.25, 0.3) is 0 Å². The van der Waals surface area contributed by atoms with Crippen molar-refractivity contribution in [2.75, 3.05) is 38.8 Å². The van der Waals surface area contributed by atoms with E-state index in [1.54, 1.807) is 7.11 Å². The number of hydrogen-bond donors (Lipinski definition) is 1. The van der Waals surface area contributed by atoms with Gasteiger partial charge in [0.2, 0.25) is 0 Å². The Hall–Kier alpha value is -1.42. The molecule has 0 amide bonds. The molecule has 1 aliphatic rings. The minimum absolute atomic E-state index is 0.619. The second-order valence-electron chi connectivity index (χ2n) is 3.73. The molecule has 16 heavy (non-hydrogen) atoms. The van der Waals surface area contributed by atoms with Gasteiger partial charge < -0.3 is 19.5 Å². The maximum absolute atomic E-state index is 5.53. The molecule has 1 aromatic rings. The van der Waals surface area contributed by atoms with E-state index < -0.39 is 0 Å². The van der Waals surface area contributed by atoms with Crippen LogP contribution in [0.2, 0.25) is 0 Å². The van der Waals surface area contributed by atoms with E-state index in [1.807, 2.05) is 19.1 Å². The monoisotopic (exact) mass is 223 g/mol. The minimum atomic E-state index is 0.619. The number of benzene rings is 1. The van der Waals surface area contributed by atoms with Gasteiger partial charge in [0.15, 0.2) is 11.5 Å². The van der Waals surface area contributed by atoms with E-state index in [2.05, 4.69) is 5.32 Å². The lowest BCUT2D eigenvalue weighted by atomic mass is 10.1. The van der Waals surface area contributed by atoms with Gasteiger partial charge in [-0.2, -0.15) is 0 Å². The summed E-state index contributed by atoms with van der Waals surface area (Å²) in [5, 5.41) is 3.30. The Morgan fingerprint density at radius 2 is 1.94 bits per heavy atom. The number of hydrogen-bond acceptors (Lipinski definition) is 4. The third-order valence-corrected chi connectivity index (χ3v) is 2.51. The summed E-state index contributed by atoms with van der Waals surface area (Å²) in [6.45, 7) is 4.77. The lowest BCUT2D eigenvalue weighted by molar-refractivity contribution is 0.171. The van der Waals surface area contributed by atoms with Crippen LogP contribution in [0.4, 0.5) is 5.69 Å². The molecular formula is C12H17NO3. The van der Waals surface area contributed by atoms with E-state index in [0.29, 0.717) is 19.8 Å². The molecule has 2 rings (SSSR count). The average molecular weight is 223 g/mol. The van der Waals surface area contributed by atoms with Gasteiger partial charge in [-0.1, -0.05) is 0 Å². The van der Waals surface area contributed by atoms with Gasteiger partial charge in [0.05, 0.1) is 6.61 Å². The molecule has 0 bridgehead atoms. The zero-order valence-electron chi connectivity index (χ0n) is 9.71. The summed E-state index contributed by atoms with van der Waals surface area (Å²) < 4.78 is 16.0. The van der Waals surface area contributed by atoms with E-state index in [-0.39, 0.29) is 0 Å². The standard InChI is InChI=1S/C12H17NO3/c1-9-7-11-12(16-6-5-15-11)8-10(9)13-3-4-14-2/h7-8,13H,3-6H2,1-2H3. The Labute approximate surface area is 95.5 Å². The molecule has 0 unspecified atom stereocenters. The number of fused-ring (bicyclic) bond motifs is 1. The molecule has 0 aromatic heterocycles. The molecular weight excluding hydrogens is 206 g/mol. The van der Waals surface area contributed by atoms with Crippen molar-refractivity contribution in [2.24, 2.45) is 0 Å². The first-order valence-corrected chi connectivity index (χ1v) is 5.44. The van der Waals surface area contributed by atoms with Gasteiger partial charge in [-0.3, -0.25) is 0 Å². The highest BCUT2D eigenvalue weighted by Crippen LogP contribution is 2.35. The third kappa shape index (κ3) is 2.39. The van der Waals surface area contributed by atoms with Crippen molar-refractivity contribution in [2.45, 2.75) is 6.92 Å². The Morgan fingerprint density at radius 1 is 1.25 bits per heavy atom. The van der Waals surface area contributed by atoms with Gasteiger partial charge in [0.1, 0.15) is 13.2 Å². The van der Waals surface area contributed by atoms with Crippen LogP contribution in [0.1, 0.15) is 5.56 Å². The number of aryl methyl sites for hydroxylation is 1. The summed E-state index contributed by atoms with van der Waals surface area (Å²) in [5.41, 5.74) is 2.22. The number of ether oxygens (including phenoxy) is 3. The summed E-state index contributed by atoms with van der Waals surface area (Å²) in [5.74, 6) is 1.65. The molecule has 88 valence electrons.